The first-order valence-electron chi connectivity index (χ1n) is 6.43. The SMILES string of the molecule is COc1ccc([C@@H](N)[C@@H](O)Cc2ccccc2)c(F)c1.Cl. The van der Waals surface area contributed by atoms with Crippen LogP contribution < -0.4 is 10.5 Å². The Balaban J connectivity index is 0.00000220. The van der Waals surface area contributed by atoms with E-state index < -0.39 is 18.0 Å². The zero-order valence-corrected chi connectivity index (χ0v) is 12.5. The van der Waals surface area contributed by atoms with Crippen molar-refractivity contribution in [1.82, 2.24) is 0 Å². The number of hydrogen-bond donors (Lipinski definition) is 2. The predicted octanol–water partition coefficient (Wildman–Crippen LogP) is 2.86. The van der Waals surface area contributed by atoms with E-state index in [9.17, 15) is 9.50 Å². The number of hydrogen-bond acceptors (Lipinski definition) is 3. The van der Waals surface area contributed by atoms with Crippen molar-refractivity contribution in [1.29, 1.82) is 0 Å². The van der Waals surface area contributed by atoms with Gasteiger partial charge in [-0.3, -0.25) is 0 Å². The molecular formula is C16H19ClFNO2. The van der Waals surface area contributed by atoms with Crippen LogP contribution in [-0.4, -0.2) is 18.3 Å². The first kappa shape index (κ1) is 17.4. The number of nitrogens with two attached hydrogens (primary N) is 1. The van der Waals surface area contributed by atoms with E-state index in [2.05, 4.69) is 0 Å². The van der Waals surface area contributed by atoms with E-state index in [4.69, 9.17) is 10.5 Å². The van der Waals surface area contributed by atoms with Crippen molar-refractivity contribution >= 4 is 12.4 Å². The fourth-order valence-electron chi connectivity index (χ4n) is 2.09. The molecule has 0 saturated carbocycles. The Labute approximate surface area is 130 Å². The molecule has 0 aromatic heterocycles. The second-order valence-electron chi connectivity index (χ2n) is 4.67. The topological polar surface area (TPSA) is 55.5 Å². The maximum Gasteiger partial charge on any atom is 0.131 e. The molecule has 0 amide bonds. The molecule has 3 N–H and O–H groups in total. The summed E-state index contributed by atoms with van der Waals surface area (Å²) in [7, 11) is 1.47. The number of ether oxygens (including phenoxy) is 1. The van der Waals surface area contributed by atoms with Crippen LogP contribution >= 0.6 is 12.4 Å². The number of benzene rings is 2. The molecule has 2 rings (SSSR count). The van der Waals surface area contributed by atoms with Gasteiger partial charge in [0.25, 0.3) is 0 Å². The average Bonchev–Trinajstić information content (AvgIpc) is 2.47. The molecule has 0 fully saturated rings. The minimum Gasteiger partial charge on any atom is -0.497 e. The lowest BCUT2D eigenvalue weighted by Crippen LogP contribution is -2.28. The lowest BCUT2D eigenvalue weighted by Gasteiger charge is -2.20. The van der Waals surface area contributed by atoms with Crippen molar-refractivity contribution in [3.05, 3.63) is 65.5 Å². The number of aliphatic hydroxyl groups excluding tert-OH is 1. The maximum atomic E-state index is 13.9. The van der Waals surface area contributed by atoms with Gasteiger partial charge < -0.3 is 15.6 Å². The van der Waals surface area contributed by atoms with Crippen LogP contribution in [0.3, 0.4) is 0 Å². The molecule has 0 aliphatic heterocycles. The lowest BCUT2D eigenvalue weighted by molar-refractivity contribution is 0.143. The summed E-state index contributed by atoms with van der Waals surface area (Å²) in [5.41, 5.74) is 7.20. The van der Waals surface area contributed by atoms with Crippen LogP contribution in [0.1, 0.15) is 17.2 Å². The molecule has 2 atom stereocenters. The third kappa shape index (κ3) is 4.43. The number of rotatable bonds is 5. The summed E-state index contributed by atoms with van der Waals surface area (Å²) in [6.07, 6.45) is -0.465. The molecule has 0 spiro atoms. The van der Waals surface area contributed by atoms with E-state index in [1.54, 1.807) is 12.1 Å². The fraction of sp³-hybridized carbons (Fsp3) is 0.250. The molecule has 2 aromatic rings. The third-order valence-corrected chi connectivity index (χ3v) is 3.27. The Bertz CT molecular complexity index is 565. The molecule has 0 unspecified atom stereocenters. The molecule has 114 valence electrons. The summed E-state index contributed by atoms with van der Waals surface area (Å²) in [5.74, 6) is -0.0417. The maximum absolute atomic E-state index is 13.9. The molecule has 0 saturated heterocycles. The van der Waals surface area contributed by atoms with Crippen LogP contribution in [0.5, 0.6) is 5.75 Å². The Kier molecular flexibility index (Phi) is 6.62. The molecule has 0 aliphatic rings. The van der Waals surface area contributed by atoms with Gasteiger partial charge in [0.05, 0.1) is 19.3 Å². The standard InChI is InChI=1S/C16H18FNO2.ClH/c1-20-12-7-8-13(14(17)10-12)16(18)15(19)9-11-5-3-2-4-6-11;/h2-8,10,15-16,19H,9,18H2,1H3;1H/t15-,16+;/m0./s1. The second-order valence-corrected chi connectivity index (χ2v) is 4.67. The van der Waals surface area contributed by atoms with Gasteiger partial charge in [-0.2, -0.15) is 0 Å². The summed E-state index contributed by atoms with van der Waals surface area (Å²) in [6.45, 7) is 0. The van der Waals surface area contributed by atoms with Crippen LogP contribution in [0.2, 0.25) is 0 Å². The van der Waals surface area contributed by atoms with Crippen molar-refractivity contribution in [2.24, 2.45) is 5.73 Å². The van der Waals surface area contributed by atoms with Crippen molar-refractivity contribution in [3.63, 3.8) is 0 Å². The zero-order valence-electron chi connectivity index (χ0n) is 11.7. The summed E-state index contributed by atoms with van der Waals surface area (Å²) in [4.78, 5) is 0. The van der Waals surface area contributed by atoms with Crippen molar-refractivity contribution in [3.8, 4) is 5.75 Å². The first-order valence-corrected chi connectivity index (χ1v) is 6.43. The van der Waals surface area contributed by atoms with Gasteiger partial charge in [-0.1, -0.05) is 36.4 Å². The molecule has 3 nitrogen and oxygen atoms in total. The van der Waals surface area contributed by atoms with Gasteiger partial charge in [-0.05, 0) is 11.6 Å². The monoisotopic (exact) mass is 311 g/mol. The number of aliphatic hydroxyl groups is 1. The quantitative estimate of drug-likeness (QED) is 0.892. The Morgan fingerprint density at radius 2 is 1.86 bits per heavy atom. The van der Waals surface area contributed by atoms with Crippen LogP contribution in [-0.2, 0) is 6.42 Å². The van der Waals surface area contributed by atoms with E-state index in [1.165, 1.54) is 13.2 Å². The molecular weight excluding hydrogens is 293 g/mol. The highest BCUT2D eigenvalue weighted by atomic mass is 35.5. The van der Waals surface area contributed by atoms with Gasteiger partial charge in [-0.25, -0.2) is 4.39 Å². The molecule has 2 aromatic carbocycles. The third-order valence-electron chi connectivity index (χ3n) is 3.27. The summed E-state index contributed by atoms with van der Waals surface area (Å²) in [5, 5.41) is 10.2. The van der Waals surface area contributed by atoms with E-state index in [0.717, 1.165) is 5.56 Å². The van der Waals surface area contributed by atoms with Gasteiger partial charge in [0.15, 0.2) is 0 Å². The number of methoxy groups -OCH3 is 1. The smallest absolute Gasteiger partial charge is 0.131 e. The summed E-state index contributed by atoms with van der Waals surface area (Å²) < 4.78 is 18.9. The molecule has 0 aliphatic carbocycles. The molecule has 0 bridgehead atoms. The Hall–Kier alpha value is -1.62. The van der Waals surface area contributed by atoms with Gasteiger partial charge in [-0.15, -0.1) is 12.4 Å². The Morgan fingerprint density at radius 3 is 2.43 bits per heavy atom. The molecule has 0 radical (unpaired) electrons. The van der Waals surface area contributed by atoms with Gasteiger partial charge >= 0.3 is 0 Å². The normalized spacial score (nSPS) is 13.1. The van der Waals surface area contributed by atoms with Crippen LogP contribution in [0.25, 0.3) is 0 Å². The largest absolute Gasteiger partial charge is 0.497 e. The molecule has 5 heteroatoms. The Morgan fingerprint density at radius 1 is 1.19 bits per heavy atom. The molecule has 0 heterocycles. The van der Waals surface area contributed by atoms with E-state index in [-0.39, 0.29) is 18.0 Å². The fourth-order valence-corrected chi connectivity index (χ4v) is 2.09. The summed E-state index contributed by atoms with van der Waals surface area (Å²) >= 11 is 0. The highest BCUT2D eigenvalue weighted by molar-refractivity contribution is 5.85. The van der Waals surface area contributed by atoms with Gasteiger partial charge in [0.2, 0.25) is 0 Å². The molecule has 21 heavy (non-hydrogen) atoms. The zero-order chi connectivity index (χ0) is 14.5. The van der Waals surface area contributed by atoms with Gasteiger partial charge in [0.1, 0.15) is 11.6 Å². The van der Waals surface area contributed by atoms with Crippen LogP contribution in [0.4, 0.5) is 4.39 Å². The first-order chi connectivity index (χ1) is 9.61. The average molecular weight is 312 g/mol. The van der Waals surface area contributed by atoms with E-state index in [0.29, 0.717) is 12.2 Å². The van der Waals surface area contributed by atoms with Crippen molar-refractivity contribution < 1.29 is 14.2 Å². The van der Waals surface area contributed by atoms with E-state index >= 15 is 0 Å². The van der Waals surface area contributed by atoms with Crippen LogP contribution in [0.15, 0.2) is 48.5 Å². The highest BCUT2D eigenvalue weighted by Crippen LogP contribution is 2.24. The van der Waals surface area contributed by atoms with Crippen molar-refractivity contribution in [2.75, 3.05) is 7.11 Å². The minimum atomic E-state index is -0.847. The van der Waals surface area contributed by atoms with E-state index in [1.807, 2.05) is 30.3 Å². The predicted molar refractivity (Wildman–Crippen MR) is 83.3 cm³/mol. The highest BCUT2D eigenvalue weighted by Gasteiger charge is 2.20. The van der Waals surface area contributed by atoms with Crippen molar-refractivity contribution in [2.45, 2.75) is 18.6 Å². The summed E-state index contributed by atoms with van der Waals surface area (Å²) in [6, 6.07) is 13.2. The number of halogens is 2. The van der Waals surface area contributed by atoms with Crippen LogP contribution in [0, 0.1) is 5.82 Å². The second kappa shape index (κ2) is 7.98. The minimum absolute atomic E-state index is 0. The van der Waals surface area contributed by atoms with Gasteiger partial charge in [0, 0.05) is 18.1 Å². The lowest BCUT2D eigenvalue weighted by atomic mass is 9.96.